The average molecular weight is 235 g/mol. The van der Waals surface area contributed by atoms with Crippen molar-refractivity contribution in [2.24, 2.45) is 5.41 Å². The Labute approximate surface area is 102 Å². The average Bonchev–Trinajstić information content (AvgIpc) is 2.63. The van der Waals surface area contributed by atoms with Crippen LogP contribution >= 0.6 is 0 Å². The van der Waals surface area contributed by atoms with Crippen LogP contribution in [-0.4, -0.2) is 26.0 Å². The van der Waals surface area contributed by atoms with Gasteiger partial charge in [0.25, 0.3) is 0 Å². The fourth-order valence-electron chi connectivity index (χ4n) is 2.55. The first kappa shape index (κ1) is 12.3. The molecule has 0 fully saturated rings. The number of aryl methyl sites for hydroxylation is 1. The molecule has 1 aliphatic rings. The molecule has 0 aliphatic heterocycles. The van der Waals surface area contributed by atoms with E-state index >= 15 is 0 Å². The SMILES string of the molecule is CCCn1ncnc1C1=CC(O)CC(C)(C)C1. The zero-order chi connectivity index (χ0) is 12.5. The molecule has 1 N–H and O–H groups in total. The zero-order valence-corrected chi connectivity index (χ0v) is 10.8. The third kappa shape index (κ3) is 2.75. The molecule has 94 valence electrons. The molecule has 2 rings (SSSR count). The number of rotatable bonds is 3. The zero-order valence-electron chi connectivity index (χ0n) is 10.8. The van der Waals surface area contributed by atoms with E-state index in [1.807, 2.05) is 10.8 Å². The first-order valence-electron chi connectivity index (χ1n) is 6.29. The second-order valence-corrected chi connectivity index (χ2v) is 5.61. The van der Waals surface area contributed by atoms with Crippen molar-refractivity contribution in [3.8, 4) is 0 Å². The third-order valence-electron chi connectivity index (χ3n) is 3.16. The molecule has 0 saturated heterocycles. The number of aromatic nitrogens is 3. The molecule has 1 unspecified atom stereocenters. The van der Waals surface area contributed by atoms with E-state index < -0.39 is 0 Å². The molecule has 1 aromatic heterocycles. The number of allylic oxidation sites excluding steroid dienone is 1. The Balaban J connectivity index is 2.29. The van der Waals surface area contributed by atoms with E-state index in [0.29, 0.717) is 0 Å². The normalized spacial score (nSPS) is 23.5. The summed E-state index contributed by atoms with van der Waals surface area (Å²) in [7, 11) is 0. The lowest BCUT2D eigenvalue weighted by atomic mass is 9.76. The summed E-state index contributed by atoms with van der Waals surface area (Å²) >= 11 is 0. The number of hydrogen-bond acceptors (Lipinski definition) is 3. The number of hydrogen-bond donors (Lipinski definition) is 1. The summed E-state index contributed by atoms with van der Waals surface area (Å²) in [5, 5.41) is 14.1. The van der Waals surface area contributed by atoms with Crippen molar-refractivity contribution in [1.82, 2.24) is 14.8 Å². The van der Waals surface area contributed by atoms with Crippen LogP contribution in [0.15, 0.2) is 12.4 Å². The highest BCUT2D eigenvalue weighted by Crippen LogP contribution is 2.38. The van der Waals surface area contributed by atoms with Crippen LogP contribution in [0.4, 0.5) is 0 Å². The van der Waals surface area contributed by atoms with E-state index in [0.717, 1.165) is 37.2 Å². The maximum atomic E-state index is 9.90. The second-order valence-electron chi connectivity index (χ2n) is 5.61. The smallest absolute Gasteiger partial charge is 0.153 e. The Morgan fingerprint density at radius 3 is 2.94 bits per heavy atom. The summed E-state index contributed by atoms with van der Waals surface area (Å²) in [5.41, 5.74) is 1.26. The number of nitrogens with zero attached hydrogens (tertiary/aromatic N) is 3. The molecule has 17 heavy (non-hydrogen) atoms. The van der Waals surface area contributed by atoms with E-state index in [1.54, 1.807) is 6.33 Å². The van der Waals surface area contributed by atoms with Crippen LogP contribution in [0.1, 0.15) is 45.9 Å². The van der Waals surface area contributed by atoms with E-state index in [9.17, 15) is 5.11 Å². The van der Waals surface area contributed by atoms with Crippen LogP contribution in [0, 0.1) is 5.41 Å². The second kappa shape index (κ2) is 4.61. The third-order valence-corrected chi connectivity index (χ3v) is 3.16. The van der Waals surface area contributed by atoms with E-state index in [2.05, 4.69) is 30.9 Å². The highest BCUT2D eigenvalue weighted by Gasteiger charge is 2.29. The van der Waals surface area contributed by atoms with Crippen molar-refractivity contribution >= 4 is 5.57 Å². The van der Waals surface area contributed by atoms with Gasteiger partial charge < -0.3 is 5.11 Å². The summed E-state index contributed by atoms with van der Waals surface area (Å²) in [6, 6.07) is 0. The van der Waals surface area contributed by atoms with Gasteiger partial charge in [-0.1, -0.05) is 20.8 Å². The van der Waals surface area contributed by atoms with Crippen LogP contribution in [0.5, 0.6) is 0 Å². The lowest BCUT2D eigenvalue weighted by Gasteiger charge is -2.32. The van der Waals surface area contributed by atoms with Gasteiger partial charge in [0.05, 0.1) is 6.10 Å². The fraction of sp³-hybridized carbons (Fsp3) is 0.692. The molecule has 0 spiro atoms. The van der Waals surface area contributed by atoms with Gasteiger partial charge in [0.1, 0.15) is 6.33 Å². The van der Waals surface area contributed by atoms with E-state index in [4.69, 9.17) is 0 Å². The molecule has 0 radical (unpaired) electrons. The predicted molar refractivity (Wildman–Crippen MR) is 67.3 cm³/mol. The lowest BCUT2D eigenvalue weighted by molar-refractivity contribution is 0.146. The molecule has 0 saturated carbocycles. The Kier molecular flexibility index (Phi) is 3.33. The molecule has 4 nitrogen and oxygen atoms in total. The Hall–Kier alpha value is -1.16. The largest absolute Gasteiger partial charge is 0.389 e. The maximum Gasteiger partial charge on any atom is 0.153 e. The molecule has 4 heteroatoms. The minimum atomic E-state index is -0.361. The molecule has 0 amide bonds. The Morgan fingerprint density at radius 1 is 1.53 bits per heavy atom. The van der Waals surface area contributed by atoms with Gasteiger partial charge in [-0.3, -0.25) is 0 Å². The van der Waals surface area contributed by atoms with Crippen molar-refractivity contribution in [3.05, 3.63) is 18.2 Å². The molecular weight excluding hydrogens is 214 g/mol. The molecule has 1 aromatic rings. The Morgan fingerprint density at radius 2 is 2.29 bits per heavy atom. The summed E-state index contributed by atoms with van der Waals surface area (Å²) in [6.07, 6.45) is 5.97. The van der Waals surface area contributed by atoms with E-state index in [1.165, 1.54) is 0 Å². The number of aliphatic hydroxyl groups excluding tert-OH is 1. The monoisotopic (exact) mass is 235 g/mol. The van der Waals surface area contributed by atoms with Crippen molar-refractivity contribution in [1.29, 1.82) is 0 Å². The Bertz CT molecular complexity index is 420. The summed E-state index contributed by atoms with van der Waals surface area (Å²) in [6.45, 7) is 7.37. The van der Waals surface area contributed by atoms with Crippen molar-refractivity contribution in [2.45, 2.75) is 52.7 Å². The standard InChI is InChI=1S/C13H21N3O/c1-4-5-16-12(14-9-15-16)10-6-11(17)8-13(2,3)7-10/h6,9,11,17H,4-5,7-8H2,1-3H3. The van der Waals surface area contributed by atoms with Crippen molar-refractivity contribution in [2.75, 3.05) is 0 Å². The van der Waals surface area contributed by atoms with Gasteiger partial charge in [-0.2, -0.15) is 5.10 Å². The van der Waals surface area contributed by atoms with Crippen molar-refractivity contribution in [3.63, 3.8) is 0 Å². The predicted octanol–water partition coefficient (Wildman–Crippen LogP) is 2.25. The molecule has 1 aliphatic carbocycles. The summed E-state index contributed by atoms with van der Waals surface area (Å²) < 4.78 is 1.93. The van der Waals surface area contributed by atoms with Gasteiger partial charge in [0.15, 0.2) is 5.82 Å². The van der Waals surface area contributed by atoms with Crippen LogP contribution in [0.2, 0.25) is 0 Å². The van der Waals surface area contributed by atoms with Crippen LogP contribution in [-0.2, 0) is 6.54 Å². The van der Waals surface area contributed by atoms with Gasteiger partial charge in [-0.25, -0.2) is 9.67 Å². The summed E-state index contributed by atoms with van der Waals surface area (Å²) in [5.74, 6) is 0.915. The highest BCUT2D eigenvalue weighted by molar-refractivity contribution is 5.62. The maximum absolute atomic E-state index is 9.90. The van der Waals surface area contributed by atoms with Crippen LogP contribution < -0.4 is 0 Å². The van der Waals surface area contributed by atoms with Crippen LogP contribution in [0.25, 0.3) is 5.57 Å². The molecule has 1 heterocycles. The van der Waals surface area contributed by atoms with E-state index in [-0.39, 0.29) is 11.5 Å². The topological polar surface area (TPSA) is 50.9 Å². The quantitative estimate of drug-likeness (QED) is 0.874. The van der Waals surface area contributed by atoms with Gasteiger partial charge in [0, 0.05) is 6.54 Å². The lowest BCUT2D eigenvalue weighted by Crippen LogP contribution is -2.25. The fourth-order valence-corrected chi connectivity index (χ4v) is 2.55. The molecular formula is C13H21N3O. The van der Waals surface area contributed by atoms with Gasteiger partial charge in [-0.15, -0.1) is 0 Å². The number of aliphatic hydroxyl groups is 1. The van der Waals surface area contributed by atoms with Crippen LogP contribution in [0.3, 0.4) is 0 Å². The minimum absolute atomic E-state index is 0.131. The minimum Gasteiger partial charge on any atom is -0.389 e. The first-order valence-corrected chi connectivity index (χ1v) is 6.29. The molecule has 0 aromatic carbocycles. The van der Waals surface area contributed by atoms with Gasteiger partial charge in [0.2, 0.25) is 0 Å². The molecule has 1 atom stereocenters. The van der Waals surface area contributed by atoms with Crippen molar-refractivity contribution < 1.29 is 5.11 Å². The highest BCUT2D eigenvalue weighted by atomic mass is 16.3. The molecule has 0 bridgehead atoms. The van der Waals surface area contributed by atoms with Gasteiger partial charge in [-0.05, 0) is 36.3 Å². The first-order chi connectivity index (χ1) is 8.02. The summed E-state index contributed by atoms with van der Waals surface area (Å²) in [4.78, 5) is 4.33. The van der Waals surface area contributed by atoms with Gasteiger partial charge >= 0.3 is 0 Å².